The molecule has 1 heteroatoms. The van der Waals surface area contributed by atoms with E-state index in [0.717, 1.165) is 6.61 Å². The first-order valence-electron chi connectivity index (χ1n) is 4.04. The van der Waals surface area contributed by atoms with Gasteiger partial charge in [0.05, 0.1) is 12.9 Å². The van der Waals surface area contributed by atoms with E-state index in [0.29, 0.717) is 5.92 Å². The van der Waals surface area contributed by atoms with Crippen LogP contribution in [0.4, 0.5) is 0 Å². The molecule has 0 heterocycles. The minimum Gasteiger partial charge on any atom is -0.501 e. The molecule has 1 atom stereocenters. The van der Waals surface area contributed by atoms with Crippen molar-refractivity contribution in [1.82, 2.24) is 0 Å². The SMILES string of the molecule is C/C=C\OCC(C)CCC. The Labute approximate surface area is 64.1 Å². The van der Waals surface area contributed by atoms with Crippen LogP contribution in [0, 0.1) is 5.92 Å². The lowest BCUT2D eigenvalue weighted by Crippen LogP contribution is -2.01. The Morgan fingerprint density at radius 3 is 2.70 bits per heavy atom. The fourth-order valence-electron chi connectivity index (χ4n) is 0.892. The number of rotatable bonds is 5. The molecule has 0 aliphatic heterocycles. The summed E-state index contributed by atoms with van der Waals surface area (Å²) in [5.41, 5.74) is 0. The smallest absolute Gasteiger partial charge is 0.0898 e. The first-order valence-corrected chi connectivity index (χ1v) is 4.04. The molecule has 60 valence electrons. The van der Waals surface area contributed by atoms with Crippen molar-refractivity contribution in [2.75, 3.05) is 6.61 Å². The Balaban J connectivity index is 3.12. The maximum atomic E-state index is 5.22. The summed E-state index contributed by atoms with van der Waals surface area (Å²) in [6, 6.07) is 0. The first-order chi connectivity index (χ1) is 4.81. The molecule has 0 aliphatic carbocycles. The lowest BCUT2D eigenvalue weighted by Gasteiger charge is -2.07. The standard InChI is InChI=1S/C9H18O/c1-4-6-9(3)8-10-7-5-2/h5,7,9H,4,6,8H2,1-3H3/b7-5-. The summed E-state index contributed by atoms with van der Waals surface area (Å²) < 4.78 is 5.22. The van der Waals surface area contributed by atoms with Gasteiger partial charge < -0.3 is 4.74 Å². The topological polar surface area (TPSA) is 9.23 Å². The van der Waals surface area contributed by atoms with Gasteiger partial charge in [-0.1, -0.05) is 26.3 Å². The summed E-state index contributed by atoms with van der Waals surface area (Å²) in [6.07, 6.45) is 6.18. The lowest BCUT2D eigenvalue weighted by atomic mass is 10.1. The molecule has 0 spiro atoms. The van der Waals surface area contributed by atoms with E-state index in [1.807, 2.05) is 13.0 Å². The van der Waals surface area contributed by atoms with Crippen molar-refractivity contribution in [2.45, 2.75) is 33.6 Å². The van der Waals surface area contributed by atoms with E-state index in [1.165, 1.54) is 12.8 Å². The quantitative estimate of drug-likeness (QED) is 0.536. The third-order valence-corrected chi connectivity index (χ3v) is 1.39. The Morgan fingerprint density at radius 2 is 2.20 bits per heavy atom. The van der Waals surface area contributed by atoms with Gasteiger partial charge >= 0.3 is 0 Å². The van der Waals surface area contributed by atoms with E-state index in [1.54, 1.807) is 6.26 Å². The summed E-state index contributed by atoms with van der Waals surface area (Å²) in [7, 11) is 0. The molecule has 0 bridgehead atoms. The predicted molar refractivity (Wildman–Crippen MR) is 44.8 cm³/mol. The van der Waals surface area contributed by atoms with Gasteiger partial charge in [0, 0.05) is 0 Å². The number of ether oxygens (including phenoxy) is 1. The van der Waals surface area contributed by atoms with Crippen LogP contribution in [-0.2, 0) is 4.74 Å². The van der Waals surface area contributed by atoms with Crippen LogP contribution in [0.25, 0.3) is 0 Å². The van der Waals surface area contributed by atoms with E-state index in [2.05, 4.69) is 13.8 Å². The van der Waals surface area contributed by atoms with Crippen LogP contribution in [0.5, 0.6) is 0 Å². The third-order valence-electron chi connectivity index (χ3n) is 1.39. The largest absolute Gasteiger partial charge is 0.501 e. The molecule has 0 saturated carbocycles. The van der Waals surface area contributed by atoms with Crippen LogP contribution in [0.2, 0.25) is 0 Å². The van der Waals surface area contributed by atoms with Crippen molar-refractivity contribution < 1.29 is 4.74 Å². The average Bonchev–Trinajstić information content (AvgIpc) is 1.89. The molecular formula is C9H18O. The van der Waals surface area contributed by atoms with Gasteiger partial charge in [0.2, 0.25) is 0 Å². The highest BCUT2D eigenvalue weighted by Crippen LogP contribution is 2.04. The zero-order valence-corrected chi connectivity index (χ0v) is 7.26. The van der Waals surface area contributed by atoms with Crippen LogP contribution in [0.1, 0.15) is 33.6 Å². The monoisotopic (exact) mass is 142 g/mol. The van der Waals surface area contributed by atoms with Crippen molar-refractivity contribution in [1.29, 1.82) is 0 Å². The van der Waals surface area contributed by atoms with E-state index < -0.39 is 0 Å². The fourth-order valence-corrected chi connectivity index (χ4v) is 0.892. The van der Waals surface area contributed by atoms with Gasteiger partial charge in [0.1, 0.15) is 0 Å². The van der Waals surface area contributed by atoms with Crippen LogP contribution in [-0.4, -0.2) is 6.61 Å². The highest BCUT2D eigenvalue weighted by Gasteiger charge is 1.97. The molecule has 0 saturated heterocycles. The van der Waals surface area contributed by atoms with Gasteiger partial charge in [-0.15, -0.1) is 0 Å². The van der Waals surface area contributed by atoms with Gasteiger partial charge in [-0.05, 0) is 19.3 Å². The number of hydrogen-bond acceptors (Lipinski definition) is 1. The third kappa shape index (κ3) is 5.67. The number of allylic oxidation sites excluding steroid dienone is 1. The van der Waals surface area contributed by atoms with Crippen LogP contribution in [0.3, 0.4) is 0 Å². The molecule has 0 aromatic heterocycles. The Kier molecular flexibility index (Phi) is 6.35. The maximum absolute atomic E-state index is 5.22. The highest BCUT2D eigenvalue weighted by atomic mass is 16.5. The highest BCUT2D eigenvalue weighted by molar-refractivity contribution is 4.65. The molecular weight excluding hydrogens is 124 g/mol. The van der Waals surface area contributed by atoms with Gasteiger partial charge in [0.15, 0.2) is 0 Å². The van der Waals surface area contributed by atoms with E-state index >= 15 is 0 Å². The molecule has 1 unspecified atom stereocenters. The molecule has 0 radical (unpaired) electrons. The normalized spacial score (nSPS) is 13.9. The summed E-state index contributed by atoms with van der Waals surface area (Å²) in [5.74, 6) is 0.696. The summed E-state index contributed by atoms with van der Waals surface area (Å²) in [6.45, 7) is 7.24. The summed E-state index contributed by atoms with van der Waals surface area (Å²) in [5, 5.41) is 0. The van der Waals surface area contributed by atoms with Crippen molar-refractivity contribution in [3.63, 3.8) is 0 Å². The Morgan fingerprint density at radius 1 is 1.50 bits per heavy atom. The molecule has 0 aromatic rings. The fraction of sp³-hybridized carbons (Fsp3) is 0.778. The molecule has 0 amide bonds. The minimum absolute atomic E-state index is 0.696. The molecule has 0 fully saturated rings. The van der Waals surface area contributed by atoms with Gasteiger partial charge in [-0.3, -0.25) is 0 Å². The molecule has 10 heavy (non-hydrogen) atoms. The van der Waals surface area contributed by atoms with Crippen molar-refractivity contribution in [3.05, 3.63) is 12.3 Å². The van der Waals surface area contributed by atoms with Crippen LogP contribution >= 0.6 is 0 Å². The summed E-state index contributed by atoms with van der Waals surface area (Å²) in [4.78, 5) is 0. The van der Waals surface area contributed by atoms with Gasteiger partial charge in [-0.2, -0.15) is 0 Å². The molecule has 0 rings (SSSR count). The Bertz CT molecular complexity index is 86.7. The molecule has 1 nitrogen and oxygen atoms in total. The first kappa shape index (κ1) is 9.54. The minimum atomic E-state index is 0.696. The zero-order chi connectivity index (χ0) is 7.82. The zero-order valence-electron chi connectivity index (χ0n) is 7.26. The van der Waals surface area contributed by atoms with E-state index in [-0.39, 0.29) is 0 Å². The predicted octanol–water partition coefficient (Wildman–Crippen LogP) is 2.97. The van der Waals surface area contributed by atoms with Crippen molar-refractivity contribution in [3.8, 4) is 0 Å². The summed E-state index contributed by atoms with van der Waals surface area (Å²) >= 11 is 0. The Hall–Kier alpha value is -0.460. The van der Waals surface area contributed by atoms with Crippen LogP contribution < -0.4 is 0 Å². The lowest BCUT2D eigenvalue weighted by molar-refractivity contribution is 0.196. The van der Waals surface area contributed by atoms with E-state index in [4.69, 9.17) is 4.74 Å². The van der Waals surface area contributed by atoms with Crippen LogP contribution in [0.15, 0.2) is 12.3 Å². The van der Waals surface area contributed by atoms with Gasteiger partial charge in [-0.25, -0.2) is 0 Å². The average molecular weight is 142 g/mol. The number of hydrogen-bond donors (Lipinski definition) is 0. The molecule has 0 N–H and O–H groups in total. The second kappa shape index (κ2) is 6.66. The second-order valence-corrected chi connectivity index (χ2v) is 2.70. The molecule has 0 aromatic carbocycles. The van der Waals surface area contributed by atoms with Gasteiger partial charge in [0.25, 0.3) is 0 Å². The second-order valence-electron chi connectivity index (χ2n) is 2.70. The maximum Gasteiger partial charge on any atom is 0.0898 e. The van der Waals surface area contributed by atoms with E-state index in [9.17, 15) is 0 Å². The molecule has 0 aliphatic rings. The van der Waals surface area contributed by atoms with Crippen molar-refractivity contribution >= 4 is 0 Å². The van der Waals surface area contributed by atoms with Crippen molar-refractivity contribution in [2.24, 2.45) is 5.92 Å².